The fourth-order valence-electron chi connectivity index (χ4n) is 8.40. The molecule has 6 N–H and O–H groups in total. The Bertz CT molecular complexity index is 1870. The Balaban J connectivity index is 1.21. The van der Waals surface area contributed by atoms with Gasteiger partial charge in [0, 0.05) is 74.8 Å². The van der Waals surface area contributed by atoms with E-state index in [0.717, 1.165) is 0 Å². The lowest BCUT2D eigenvalue weighted by atomic mass is 9.72. The molecular weight excluding hydrogens is 720 g/mol. The number of phenolic OH excluding ortho intramolecular Hbond substituents is 2. The highest BCUT2D eigenvalue weighted by atomic mass is 16.7. The van der Waals surface area contributed by atoms with Gasteiger partial charge in [-0.2, -0.15) is 0 Å². The van der Waals surface area contributed by atoms with Gasteiger partial charge in [-0.1, -0.05) is 26.0 Å². The molecular formula is C38H48N4O13. The van der Waals surface area contributed by atoms with E-state index in [1.165, 1.54) is 32.4 Å². The highest BCUT2D eigenvalue weighted by molar-refractivity contribution is 6.31. The molecule has 0 bridgehead atoms. The monoisotopic (exact) mass is 768 g/mol. The molecule has 2 aromatic rings. The van der Waals surface area contributed by atoms with Gasteiger partial charge in [0.2, 0.25) is 11.7 Å². The fourth-order valence-corrected chi connectivity index (χ4v) is 8.40. The third-order valence-electron chi connectivity index (χ3n) is 11.0. The summed E-state index contributed by atoms with van der Waals surface area (Å²) < 4.78 is 35.8. The van der Waals surface area contributed by atoms with Crippen LogP contribution in [0.15, 0.2) is 18.2 Å². The summed E-state index contributed by atoms with van der Waals surface area (Å²) >= 11 is 0. The SMILES string of the molecule is COc1cccc2c1C(=O)c1c(O)c3c(c(O)c1C2=O)C[C@@](O)(C(=O)NCCNC(=O)CNC(C)C)C[C@@H]3O[C@H]1C[C@H]2[C@H](O[C@@H]3[C@@H](OC)OCCN32)[C@H](C)O1. The number of hydrogen-bond donors (Lipinski definition) is 6. The first-order valence-corrected chi connectivity index (χ1v) is 18.5. The van der Waals surface area contributed by atoms with Crippen LogP contribution in [-0.2, 0) is 39.7 Å². The molecule has 0 aromatic heterocycles. The first kappa shape index (κ1) is 39.1. The maximum atomic E-state index is 14.1. The quantitative estimate of drug-likeness (QED) is 0.115. The van der Waals surface area contributed by atoms with Crippen LogP contribution in [0.1, 0.15) is 82.7 Å². The summed E-state index contributed by atoms with van der Waals surface area (Å²) in [5, 5.41) is 44.2. The van der Waals surface area contributed by atoms with Crippen molar-refractivity contribution in [1.29, 1.82) is 0 Å². The van der Waals surface area contributed by atoms with Gasteiger partial charge in [-0.3, -0.25) is 24.1 Å². The molecule has 55 heavy (non-hydrogen) atoms. The molecule has 3 heterocycles. The number of ketones is 2. The van der Waals surface area contributed by atoms with Crippen LogP contribution >= 0.6 is 0 Å². The molecule has 2 aliphatic carbocycles. The van der Waals surface area contributed by atoms with Crippen LogP contribution in [0.25, 0.3) is 0 Å². The number of amides is 2. The van der Waals surface area contributed by atoms with Crippen molar-refractivity contribution in [2.24, 2.45) is 0 Å². The van der Waals surface area contributed by atoms with Gasteiger partial charge < -0.3 is 59.7 Å². The summed E-state index contributed by atoms with van der Waals surface area (Å²) in [6, 6.07) is 4.37. The van der Waals surface area contributed by atoms with Crippen molar-refractivity contribution in [1.82, 2.24) is 20.9 Å². The Morgan fingerprint density at radius 3 is 2.51 bits per heavy atom. The largest absolute Gasteiger partial charge is 0.507 e. The second-order valence-electron chi connectivity index (χ2n) is 14.8. The molecule has 0 saturated carbocycles. The van der Waals surface area contributed by atoms with E-state index < -0.39 is 89.6 Å². The number of fused-ring (bicyclic) bond motifs is 6. The number of nitrogens with zero attached hydrogens (tertiary/aromatic N) is 1. The molecule has 3 fully saturated rings. The van der Waals surface area contributed by atoms with E-state index in [4.69, 9.17) is 28.4 Å². The smallest absolute Gasteiger partial charge is 0.252 e. The molecule has 17 heteroatoms. The zero-order chi connectivity index (χ0) is 39.3. The van der Waals surface area contributed by atoms with Crippen LogP contribution in [0.4, 0.5) is 0 Å². The van der Waals surface area contributed by atoms with Gasteiger partial charge in [-0.15, -0.1) is 0 Å². The first-order valence-electron chi connectivity index (χ1n) is 18.5. The summed E-state index contributed by atoms with van der Waals surface area (Å²) in [5.41, 5.74) is -3.42. The molecule has 298 valence electrons. The van der Waals surface area contributed by atoms with Crippen molar-refractivity contribution in [2.45, 2.75) is 94.8 Å². The number of benzene rings is 2. The van der Waals surface area contributed by atoms with E-state index >= 15 is 0 Å². The van der Waals surface area contributed by atoms with E-state index in [2.05, 4.69) is 20.9 Å². The topological polar surface area (TPSA) is 224 Å². The lowest BCUT2D eigenvalue weighted by molar-refractivity contribution is -0.256. The van der Waals surface area contributed by atoms with Crippen LogP contribution in [-0.4, -0.2) is 139 Å². The maximum Gasteiger partial charge on any atom is 0.252 e. The Kier molecular flexibility index (Phi) is 10.9. The lowest BCUT2D eigenvalue weighted by Gasteiger charge is -2.43. The van der Waals surface area contributed by atoms with Crippen LogP contribution in [0.5, 0.6) is 17.2 Å². The van der Waals surface area contributed by atoms with E-state index in [1.807, 2.05) is 20.8 Å². The number of aliphatic hydroxyl groups is 1. The van der Waals surface area contributed by atoms with Crippen LogP contribution < -0.4 is 20.7 Å². The number of phenols is 2. The summed E-state index contributed by atoms with van der Waals surface area (Å²) in [4.78, 5) is 56.1. The van der Waals surface area contributed by atoms with E-state index in [-0.39, 0.29) is 78.2 Å². The minimum Gasteiger partial charge on any atom is -0.507 e. The average Bonchev–Trinajstić information content (AvgIpc) is 3.55. The van der Waals surface area contributed by atoms with E-state index in [0.29, 0.717) is 13.2 Å². The van der Waals surface area contributed by atoms with E-state index in [1.54, 1.807) is 0 Å². The molecule has 2 aromatic carbocycles. The van der Waals surface area contributed by atoms with Crippen LogP contribution in [0.3, 0.4) is 0 Å². The minimum absolute atomic E-state index is 0.0323. The lowest BCUT2D eigenvalue weighted by Crippen LogP contribution is -2.55. The Morgan fingerprint density at radius 2 is 1.78 bits per heavy atom. The van der Waals surface area contributed by atoms with Crippen LogP contribution in [0.2, 0.25) is 0 Å². The Morgan fingerprint density at radius 1 is 1.04 bits per heavy atom. The normalized spacial score (nSPS) is 29.8. The Hall–Kier alpha value is -4.20. The predicted molar refractivity (Wildman–Crippen MR) is 191 cm³/mol. The number of ether oxygens (including phenoxy) is 6. The molecule has 0 radical (unpaired) electrons. The number of aromatic hydroxyl groups is 2. The average molecular weight is 769 g/mol. The second kappa shape index (κ2) is 15.4. The molecule has 2 amide bonds. The summed E-state index contributed by atoms with van der Waals surface area (Å²) in [6.45, 7) is 6.75. The number of rotatable bonds is 11. The third kappa shape index (κ3) is 6.97. The minimum atomic E-state index is -2.23. The molecule has 8 atom stereocenters. The fraction of sp³-hybridized carbons (Fsp3) is 0.579. The number of morpholine rings is 1. The van der Waals surface area contributed by atoms with Crippen molar-refractivity contribution in [3.8, 4) is 17.2 Å². The zero-order valence-electron chi connectivity index (χ0n) is 31.4. The van der Waals surface area contributed by atoms with Gasteiger partial charge in [-0.05, 0) is 13.0 Å². The number of carbonyl (C=O) groups excluding carboxylic acids is 4. The number of methoxy groups -OCH3 is 2. The van der Waals surface area contributed by atoms with Crippen molar-refractivity contribution in [2.75, 3.05) is 47.0 Å². The summed E-state index contributed by atoms with van der Waals surface area (Å²) in [6.07, 6.45) is -4.88. The molecule has 3 aliphatic heterocycles. The zero-order valence-corrected chi connectivity index (χ0v) is 31.4. The number of hydrogen-bond acceptors (Lipinski definition) is 15. The first-order chi connectivity index (χ1) is 26.3. The second-order valence-corrected chi connectivity index (χ2v) is 14.8. The van der Waals surface area contributed by atoms with Gasteiger partial charge in [0.15, 0.2) is 24.6 Å². The van der Waals surface area contributed by atoms with Gasteiger partial charge in [0.25, 0.3) is 5.91 Å². The highest BCUT2D eigenvalue weighted by Gasteiger charge is 2.55. The van der Waals surface area contributed by atoms with Gasteiger partial charge in [-0.25, -0.2) is 0 Å². The van der Waals surface area contributed by atoms with Gasteiger partial charge >= 0.3 is 0 Å². The third-order valence-corrected chi connectivity index (χ3v) is 11.0. The van der Waals surface area contributed by atoms with Gasteiger partial charge in [0.1, 0.15) is 29.0 Å². The maximum absolute atomic E-state index is 14.1. The number of carbonyl (C=O) groups is 4. The van der Waals surface area contributed by atoms with E-state index in [9.17, 15) is 34.5 Å². The molecule has 17 nitrogen and oxygen atoms in total. The molecule has 0 spiro atoms. The summed E-state index contributed by atoms with van der Waals surface area (Å²) in [5.74, 6) is -3.78. The molecule has 3 saturated heterocycles. The number of nitrogens with one attached hydrogen (secondary N) is 3. The Labute approximate surface area is 317 Å². The highest BCUT2D eigenvalue weighted by Crippen LogP contribution is 2.53. The molecule has 0 unspecified atom stereocenters. The van der Waals surface area contributed by atoms with Crippen molar-refractivity contribution < 1.29 is 62.9 Å². The predicted octanol–water partition coefficient (Wildman–Crippen LogP) is 0.380. The molecule has 5 aliphatic rings. The summed E-state index contributed by atoms with van der Waals surface area (Å²) in [7, 11) is 2.89. The van der Waals surface area contributed by atoms with Gasteiger partial charge in [0.05, 0.1) is 49.2 Å². The van der Waals surface area contributed by atoms with Crippen LogP contribution in [0, 0.1) is 0 Å². The van der Waals surface area contributed by atoms with Crippen molar-refractivity contribution in [3.63, 3.8) is 0 Å². The standard InChI is InChI=1S/C38H48N4O13/c1-17(2)41-16-24(43)39-9-10-40-37(48)38(49)14-20-27(33(47)29-28(31(20)45)30(44)19-7-6-8-22(50-4)26(19)32(29)46)23(15-38)54-25-13-21-34(18(3)53-25)55-35-36(51-5)52-12-11-42(21)35/h6-8,17-18,21,23,25,34-36,41,45,47,49H,9-16H2,1-5H3,(H,39,43)(H,40,48)/t18-,21-,23-,25-,34+,35+,36-,38-/m0/s1. The molecule has 7 rings (SSSR count). The van der Waals surface area contributed by atoms with Crippen molar-refractivity contribution in [3.05, 3.63) is 51.6 Å². The van der Waals surface area contributed by atoms with Crippen molar-refractivity contribution >= 4 is 23.4 Å².